The molecule has 152 valence electrons. The van der Waals surface area contributed by atoms with Crippen molar-refractivity contribution in [1.29, 1.82) is 5.26 Å². The van der Waals surface area contributed by atoms with Crippen molar-refractivity contribution in [3.05, 3.63) is 69.0 Å². The van der Waals surface area contributed by atoms with E-state index in [9.17, 15) is 10.1 Å². The molecule has 1 saturated carbocycles. The molecule has 4 rings (SSSR count). The molecule has 0 atom stereocenters. The fourth-order valence-corrected chi connectivity index (χ4v) is 4.94. The highest BCUT2D eigenvalue weighted by Crippen LogP contribution is 2.39. The van der Waals surface area contributed by atoms with E-state index < -0.39 is 0 Å². The van der Waals surface area contributed by atoms with Crippen molar-refractivity contribution in [2.45, 2.75) is 31.8 Å². The van der Waals surface area contributed by atoms with E-state index in [4.69, 9.17) is 27.9 Å². The number of benzene rings is 2. The summed E-state index contributed by atoms with van der Waals surface area (Å²) in [5.41, 5.74) is 2.23. The number of thiophene rings is 1. The molecule has 1 fully saturated rings. The van der Waals surface area contributed by atoms with E-state index in [1.165, 1.54) is 24.2 Å². The molecule has 1 heterocycles. The molecule has 2 aromatic carbocycles. The van der Waals surface area contributed by atoms with Crippen molar-refractivity contribution in [3.63, 3.8) is 0 Å². The first-order chi connectivity index (χ1) is 14.5. The van der Waals surface area contributed by atoms with Gasteiger partial charge < -0.3 is 10.1 Å². The number of nitriles is 1. The summed E-state index contributed by atoms with van der Waals surface area (Å²) >= 11 is 13.5. The van der Waals surface area contributed by atoms with Gasteiger partial charge in [0.1, 0.15) is 16.8 Å². The van der Waals surface area contributed by atoms with Crippen molar-refractivity contribution >= 4 is 45.4 Å². The van der Waals surface area contributed by atoms with E-state index in [0.29, 0.717) is 37.3 Å². The first-order valence-electron chi connectivity index (χ1n) is 9.60. The van der Waals surface area contributed by atoms with Gasteiger partial charge in [-0.25, -0.2) is 0 Å². The minimum atomic E-state index is -0.283. The molecule has 0 unspecified atom stereocenters. The quantitative estimate of drug-likeness (QED) is 0.442. The zero-order valence-corrected chi connectivity index (χ0v) is 18.3. The van der Waals surface area contributed by atoms with Gasteiger partial charge in [0.25, 0.3) is 5.91 Å². The van der Waals surface area contributed by atoms with Crippen LogP contribution in [0.5, 0.6) is 5.75 Å². The average molecular weight is 457 g/mol. The van der Waals surface area contributed by atoms with Crippen LogP contribution in [-0.2, 0) is 0 Å². The highest BCUT2D eigenvalue weighted by atomic mass is 35.5. The number of nitrogens with zero attached hydrogens (tertiary/aromatic N) is 1. The van der Waals surface area contributed by atoms with Crippen molar-refractivity contribution in [2.75, 3.05) is 5.32 Å². The zero-order valence-electron chi connectivity index (χ0n) is 16.0. The smallest absolute Gasteiger partial charge is 0.256 e. The van der Waals surface area contributed by atoms with E-state index in [1.54, 1.807) is 30.3 Å². The number of ether oxygens (including phenoxy) is 1. The van der Waals surface area contributed by atoms with Crippen LogP contribution >= 0.6 is 34.5 Å². The minimum absolute atomic E-state index is 0.270. The Labute approximate surface area is 189 Å². The zero-order chi connectivity index (χ0) is 21.1. The van der Waals surface area contributed by atoms with Crippen LogP contribution in [0.4, 0.5) is 5.00 Å². The van der Waals surface area contributed by atoms with Gasteiger partial charge in [-0.1, -0.05) is 29.3 Å². The summed E-state index contributed by atoms with van der Waals surface area (Å²) in [5.74, 6) is 0.487. The molecule has 30 heavy (non-hydrogen) atoms. The molecule has 7 heteroatoms. The van der Waals surface area contributed by atoms with E-state index in [-0.39, 0.29) is 12.0 Å². The highest BCUT2D eigenvalue weighted by Gasteiger charge is 2.19. The maximum atomic E-state index is 12.7. The lowest BCUT2D eigenvalue weighted by Gasteiger charge is -2.13. The summed E-state index contributed by atoms with van der Waals surface area (Å²) in [7, 11) is 0. The normalized spacial score (nSPS) is 13.8. The molecular weight excluding hydrogens is 439 g/mol. The molecule has 1 amide bonds. The lowest BCUT2D eigenvalue weighted by Crippen LogP contribution is -2.13. The average Bonchev–Trinajstić information content (AvgIpc) is 3.38. The van der Waals surface area contributed by atoms with Crippen LogP contribution in [-0.4, -0.2) is 12.0 Å². The summed E-state index contributed by atoms with van der Waals surface area (Å²) in [5, 5.41) is 15.8. The van der Waals surface area contributed by atoms with Crippen molar-refractivity contribution in [1.82, 2.24) is 0 Å². The Balaban J connectivity index is 1.50. The molecule has 1 N–H and O–H groups in total. The third-order valence-electron chi connectivity index (χ3n) is 5.07. The minimum Gasteiger partial charge on any atom is -0.490 e. The molecule has 1 aromatic heterocycles. The van der Waals surface area contributed by atoms with E-state index in [0.717, 1.165) is 18.6 Å². The van der Waals surface area contributed by atoms with Crippen LogP contribution in [0, 0.1) is 11.3 Å². The summed E-state index contributed by atoms with van der Waals surface area (Å²) in [4.78, 5) is 12.7. The van der Waals surface area contributed by atoms with Crippen LogP contribution in [0.3, 0.4) is 0 Å². The number of hydrogen-bond donors (Lipinski definition) is 1. The fraction of sp³-hybridized carbons (Fsp3) is 0.217. The molecule has 3 aromatic rings. The lowest BCUT2D eigenvalue weighted by molar-refractivity contribution is 0.102. The standard InChI is InChI=1S/C23H18Cl2N2O2S/c24-15-7-10-18(21(25)11-15)20-13-30-23(19(20)12-26)27-22(28)14-5-8-17(9-6-14)29-16-3-1-2-4-16/h5-11,13,16H,1-4H2,(H,27,28). The fourth-order valence-electron chi connectivity index (χ4n) is 3.53. The Hall–Kier alpha value is -2.52. The third kappa shape index (κ3) is 4.46. The summed E-state index contributed by atoms with van der Waals surface area (Å²) in [6.07, 6.45) is 4.84. The molecule has 0 radical (unpaired) electrons. The van der Waals surface area contributed by atoms with Crippen LogP contribution in [0.2, 0.25) is 10.0 Å². The number of hydrogen-bond acceptors (Lipinski definition) is 4. The number of nitrogens with one attached hydrogen (secondary N) is 1. The number of amides is 1. The largest absolute Gasteiger partial charge is 0.490 e. The number of anilines is 1. The maximum absolute atomic E-state index is 12.7. The topological polar surface area (TPSA) is 62.1 Å². The number of carbonyl (C=O) groups excluding carboxylic acids is 1. The van der Waals surface area contributed by atoms with E-state index in [2.05, 4.69) is 11.4 Å². The van der Waals surface area contributed by atoms with Crippen LogP contribution in [0.25, 0.3) is 11.1 Å². The van der Waals surface area contributed by atoms with Gasteiger partial charge in [0.15, 0.2) is 0 Å². The Bertz CT molecular complexity index is 1110. The molecule has 1 aliphatic carbocycles. The van der Waals surface area contributed by atoms with Gasteiger partial charge >= 0.3 is 0 Å². The number of halogens is 2. The second-order valence-electron chi connectivity index (χ2n) is 7.09. The predicted molar refractivity (Wildman–Crippen MR) is 122 cm³/mol. The lowest BCUT2D eigenvalue weighted by atomic mass is 10.0. The Morgan fingerprint density at radius 2 is 1.83 bits per heavy atom. The first kappa shape index (κ1) is 20.7. The van der Waals surface area contributed by atoms with Gasteiger partial charge in [-0.05, 0) is 62.1 Å². The van der Waals surface area contributed by atoms with Crippen LogP contribution in [0.15, 0.2) is 47.8 Å². The summed E-state index contributed by atoms with van der Waals surface area (Å²) in [6.45, 7) is 0. The van der Waals surface area contributed by atoms with Gasteiger partial charge in [0, 0.05) is 32.1 Å². The molecule has 4 nitrogen and oxygen atoms in total. The number of carbonyl (C=O) groups is 1. The second kappa shape index (κ2) is 9.09. The van der Waals surface area contributed by atoms with Gasteiger partial charge in [0.05, 0.1) is 11.7 Å². The SMILES string of the molecule is N#Cc1c(-c2ccc(Cl)cc2Cl)csc1NC(=O)c1ccc(OC2CCCC2)cc1. The number of rotatable bonds is 5. The Morgan fingerprint density at radius 1 is 1.10 bits per heavy atom. The van der Waals surface area contributed by atoms with Gasteiger partial charge in [-0.15, -0.1) is 11.3 Å². The van der Waals surface area contributed by atoms with Gasteiger partial charge in [-0.3, -0.25) is 4.79 Å². The second-order valence-corrected chi connectivity index (χ2v) is 8.82. The van der Waals surface area contributed by atoms with Gasteiger partial charge in [0.2, 0.25) is 0 Å². The van der Waals surface area contributed by atoms with Crippen molar-refractivity contribution < 1.29 is 9.53 Å². The Kier molecular flexibility index (Phi) is 6.29. The van der Waals surface area contributed by atoms with E-state index in [1.807, 2.05) is 17.5 Å². The summed E-state index contributed by atoms with van der Waals surface area (Å²) in [6, 6.07) is 14.4. The first-order valence-corrected chi connectivity index (χ1v) is 11.2. The Morgan fingerprint density at radius 3 is 2.50 bits per heavy atom. The van der Waals surface area contributed by atoms with Crippen molar-refractivity contribution in [2.24, 2.45) is 0 Å². The molecular formula is C23H18Cl2N2O2S. The molecule has 0 aliphatic heterocycles. The molecule has 0 spiro atoms. The molecule has 0 bridgehead atoms. The maximum Gasteiger partial charge on any atom is 0.256 e. The molecule has 1 aliphatic rings. The van der Waals surface area contributed by atoms with Crippen LogP contribution in [0.1, 0.15) is 41.6 Å². The highest BCUT2D eigenvalue weighted by molar-refractivity contribution is 7.15. The third-order valence-corrected chi connectivity index (χ3v) is 6.52. The van der Waals surface area contributed by atoms with Crippen molar-refractivity contribution in [3.8, 4) is 22.9 Å². The predicted octanol–water partition coefficient (Wildman–Crippen LogP) is 7.17. The molecule has 0 saturated heterocycles. The monoisotopic (exact) mass is 456 g/mol. The van der Waals surface area contributed by atoms with Gasteiger partial charge in [-0.2, -0.15) is 5.26 Å². The van der Waals surface area contributed by atoms with Crippen LogP contribution < -0.4 is 10.1 Å². The van der Waals surface area contributed by atoms with E-state index >= 15 is 0 Å². The summed E-state index contributed by atoms with van der Waals surface area (Å²) < 4.78 is 5.94.